The molecule has 0 atom stereocenters. The Labute approximate surface area is 76.4 Å². The minimum absolute atomic E-state index is 0.460. The Morgan fingerprint density at radius 3 is 2.77 bits per heavy atom. The number of halogens is 1. The molecule has 4 nitrogen and oxygen atoms in total. The van der Waals surface area contributed by atoms with Gasteiger partial charge in [-0.15, -0.1) is 5.10 Å². The van der Waals surface area contributed by atoms with Crippen LogP contribution in [0.2, 0.25) is 0 Å². The lowest BCUT2D eigenvalue weighted by atomic mass is 10.2. The van der Waals surface area contributed by atoms with Crippen molar-refractivity contribution in [3.05, 3.63) is 11.9 Å². The van der Waals surface area contributed by atoms with Crippen LogP contribution in [0.15, 0.2) is 0 Å². The highest BCUT2D eigenvalue weighted by Crippen LogP contribution is 2.13. The molecule has 1 aromatic rings. The van der Waals surface area contributed by atoms with E-state index in [9.17, 15) is 4.39 Å². The summed E-state index contributed by atoms with van der Waals surface area (Å²) >= 11 is 0. The van der Waals surface area contributed by atoms with Gasteiger partial charge in [0.25, 0.3) is 0 Å². The summed E-state index contributed by atoms with van der Waals surface area (Å²) < 4.78 is 14.5. The van der Waals surface area contributed by atoms with Gasteiger partial charge in [-0.1, -0.05) is 5.10 Å². The van der Waals surface area contributed by atoms with Gasteiger partial charge in [-0.2, -0.15) is 4.39 Å². The number of hydrogen-bond donors (Lipinski definition) is 0. The number of nitrogens with zero attached hydrogens (tertiary/aromatic N) is 4. The van der Waals surface area contributed by atoms with Crippen LogP contribution in [0.4, 0.5) is 4.39 Å². The molecule has 2 heterocycles. The minimum atomic E-state index is -0.460. The fraction of sp³-hybridized carbons (Fsp3) is 0.750. The van der Waals surface area contributed by atoms with Crippen LogP contribution in [-0.4, -0.2) is 32.3 Å². The normalized spacial score (nSPS) is 17.8. The van der Waals surface area contributed by atoms with Gasteiger partial charge in [0.1, 0.15) is 5.82 Å². The van der Waals surface area contributed by atoms with Crippen LogP contribution in [0.1, 0.15) is 19.7 Å². The Balaban J connectivity index is 2.21. The lowest BCUT2D eigenvalue weighted by Crippen LogP contribution is -2.38. The SMILES string of the molecule is CC(C)N1CCn2c(F)nnc2C1. The first-order valence-electron chi connectivity index (χ1n) is 4.50. The molecule has 0 radical (unpaired) electrons. The zero-order valence-corrected chi connectivity index (χ0v) is 7.87. The Hall–Kier alpha value is -0.970. The monoisotopic (exact) mass is 184 g/mol. The predicted molar refractivity (Wildman–Crippen MR) is 45.5 cm³/mol. The molecule has 0 N–H and O–H groups in total. The maximum Gasteiger partial charge on any atom is 0.309 e. The second-order valence-corrected chi connectivity index (χ2v) is 3.60. The summed E-state index contributed by atoms with van der Waals surface area (Å²) in [4.78, 5) is 2.25. The third kappa shape index (κ3) is 1.44. The van der Waals surface area contributed by atoms with Crippen LogP contribution in [-0.2, 0) is 13.1 Å². The first kappa shape index (κ1) is 8.62. The van der Waals surface area contributed by atoms with Gasteiger partial charge >= 0.3 is 6.08 Å². The van der Waals surface area contributed by atoms with Crippen molar-refractivity contribution in [3.8, 4) is 0 Å². The zero-order valence-electron chi connectivity index (χ0n) is 7.87. The molecule has 0 spiro atoms. The Morgan fingerprint density at radius 2 is 2.08 bits per heavy atom. The van der Waals surface area contributed by atoms with Crippen molar-refractivity contribution in [1.82, 2.24) is 19.7 Å². The van der Waals surface area contributed by atoms with Gasteiger partial charge in [-0.05, 0) is 13.8 Å². The minimum Gasteiger partial charge on any atom is -0.292 e. The topological polar surface area (TPSA) is 34.0 Å². The maximum absolute atomic E-state index is 12.9. The first-order valence-corrected chi connectivity index (χ1v) is 4.50. The summed E-state index contributed by atoms with van der Waals surface area (Å²) in [6, 6.07) is 0.480. The summed E-state index contributed by atoms with van der Waals surface area (Å²) in [5.74, 6) is 0.734. The third-order valence-corrected chi connectivity index (χ3v) is 2.47. The maximum atomic E-state index is 12.9. The van der Waals surface area contributed by atoms with Gasteiger partial charge in [0.15, 0.2) is 0 Å². The van der Waals surface area contributed by atoms with Crippen molar-refractivity contribution in [2.75, 3.05) is 6.54 Å². The van der Waals surface area contributed by atoms with E-state index in [0.717, 1.165) is 12.4 Å². The van der Waals surface area contributed by atoms with Gasteiger partial charge < -0.3 is 0 Å². The molecule has 13 heavy (non-hydrogen) atoms. The van der Waals surface area contributed by atoms with Gasteiger partial charge in [-0.3, -0.25) is 9.47 Å². The fourth-order valence-corrected chi connectivity index (χ4v) is 1.58. The van der Waals surface area contributed by atoms with Crippen LogP contribution in [0.25, 0.3) is 0 Å². The summed E-state index contributed by atoms with van der Waals surface area (Å²) in [6.07, 6.45) is -0.460. The average molecular weight is 184 g/mol. The predicted octanol–water partition coefficient (Wildman–Crippen LogP) is 0.641. The highest BCUT2D eigenvalue weighted by atomic mass is 19.1. The molecule has 0 fully saturated rings. The average Bonchev–Trinajstić information content (AvgIpc) is 2.47. The van der Waals surface area contributed by atoms with Gasteiger partial charge in [-0.25, -0.2) is 0 Å². The molecule has 2 rings (SSSR count). The van der Waals surface area contributed by atoms with Crippen molar-refractivity contribution in [2.24, 2.45) is 0 Å². The van der Waals surface area contributed by atoms with E-state index in [1.165, 1.54) is 0 Å². The molecule has 5 heteroatoms. The zero-order chi connectivity index (χ0) is 9.42. The van der Waals surface area contributed by atoms with E-state index >= 15 is 0 Å². The summed E-state index contributed by atoms with van der Waals surface area (Å²) in [7, 11) is 0. The Kier molecular flexibility index (Phi) is 2.03. The standard InChI is InChI=1S/C8H13FN4/c1-6(2)12-3-4-13-7(5-12)10-11-8(13)9/h6H,3-5H2,1-2H3. The molecule has 0 aliphatic carbocycles. The molecule has 0 amide bonds. The molecule has 0 saturated heterocycles. The van der Waals surface area contributed by atoms with E-state index in [1.807, 2.05) is 0 Å². The van der Waals surface area contributed by atoms with Crippen LogP contribution in [0.3, 0.4) is 0 Å². The van der Waals surface area contributed by atoms with Crippen molar-refractivity contribution in [2.45, 2.75) is 33.0 Å². The number of hydrogen-bond acceptors (Lipinski definition) is 3. The third-order valence-electron chi connectivity index (χ3n) is 2.47. The van der Waals surface area contributed by atoms with Crippen LogP contribution < -0.4 is 0 Å². The summed E-state index contributed by atoms with van der Waals surface area (Å²) in [5, 5.41) is 7.20. The van der Waals surface area contributed by atoms with Crippen LogP contribution in [0.5, 0.6) is 0 Å². The molecular formula is C8H13FN4. The van der Waals surface area contributed by atoms with E-state index in [1.54, 1.807) is 4.57 Å². The van der Waals surface area contributed by atoms with E-state index in [2.05, 4.69) is 28.9 Å². The molecule has 72 valence electrons. The lowest BCUT2D eigenvalue weighted by molar-refractivity contribution is 0.167. The van der Waals surface area contributed by atoms with E-state index in [4.69, 9.17) is 0 Å². The lowest BCUT2D eigenvalue weighted by Gasteiger charge is -2.29. The van der Waals surface area contributed by atoms with E-state index in [0.29, 0.717) is 19.1 Å². The highest BCUT2D eigenvalue weighted by Gasteiger charge is 2.22. The summed E-state index contributed by atoms with van der Waals surface area (Å²) in [5.41, 5.74) is 0. The van der Waals surface area contributed by atoms with Crippen molar-refractivity contribution >= 4 is 0 Å². The number of aromatic nitrogens is 3. The molecule has 0 aromatic carbocycles. The highest BCUT2D eigenvalue weighted by molar-refractivity contribution is 4.91. The molecule has 1 aliphatic rings. The van der Waals surface area contributed by atoms with Crippen LogP contribution in [0, 0.1) is 6.08 Å². The molecule has 1 aliphatic heterocycles. The Bertz CT molecular complexity index is 307. The molecule has 0 saturated carbocycles. The second kappa shape index (κ2) is 3.06. The van der Waals surface area contributed by atoms with Crippen molar-refractivity contribution < 1.29 is 4.39 Å². The van der Waals surface area contributed by atoms with Gasteiger partial charge in [0.2, 0.25) is 0 Å². The number of fused-ring (bicyclic) bond motifs is 1. The Morgan fingerprint density at radius 1 is 1.31 bits per heavy atom. The van der Waals surface area contributed by atoms with E-state index in [-0.39, 0.29) is 0 Å². The molecule has 0 bridgehead atoms. The quantitative estimate of drug-likeness (QED) is 0.642. The van der Waals surface area contributed by atoms with Crippen LogP contribution >= 0.6 is 0 Å². The molecular weight excluding hydrogens is 171 g/mol. The molecule has 1 aromatic heterocycles. The van der Waals surface area contributed by atoms with Gasteiger partial charge in [0, 0.05) is 19.1 Å². The second-order valence-electron chi connectivity index (χ2n) is 3.60. The first-order chi connectivity index (χ1) is 6.18. The van der Waals surface area contributed by atoms with Gasteiger partial charge in [0.05, 0.1) is 6.54 Å². The van der Waals surface area contributed by atoms with Crippen molar-refractivity contribution in [3.63, 3.8) is 0 Å². The number of rotatable bonds is 1. The van der Waals surface area contributed by atoms with Crippen molar-refractivity contribution in [1.29, 1.82) is 0 Å². The summed E-state index contributed by atoms with van der Waals surface area (Å²) in [6.45, 7) is 6.49. The fourth-order valence-electron chi connectivity index (χ4n) is 1.58. The smallest absolute Gasteiger partial charge is 0.292 e. The molecule has 0 unspecified atom stereocenters. The van der Waals surface area contributed by atoms with E-state index < -0.39 is 6.08 Å². The largest absolute Gasteiger partial charge is 0.309 e.